The number of benzene rings is 3. The zero-order valence-electron chi connectivity index (χ0n) is 49.6. The molecule has 3 rings (SSSR count). The van der Waals surface area contributed by atoms with Crippen molar-refractivity contribution >= 4 is 63.7 Å². The van der Waals surface area contributed by atoms with Crippen molar-refractivity contribution in [3.05, 3.63) is 106 Å². The first-order chi connectivity index (χ1) is 38.4. The van der Waals surface area contributed by atoms with Crippen LogP contribution in [0.3, 0.4) is 0 Å². The number of esters is 6. The zero-order chi connectivity index (χ0) is 61.8. The summed E-state index contributed by atoms with van der Waals surface area (Å²) < 4.78 is 26.6. The molecule has 12 N–H and O–H groups in total. The van der Waals surface area contributed by atoms with Gasteiger partial charge in [-0.05, 0) is 72.5 Å². The summed E-state index contributed by atoms with van der Waals surface area (Å²) in [6.07, 6.45) is 2.14. The van der Waals surface area contributed by atoms with Crippen molar-refractivity contribution in [3.8, 4) is 0 Å². The van der Waals surface area contributed by atoms with Gasteiger partial charge < -0.3 is 102 Å². The summed E-state index contributed by atoms with van der Waals surface area (Å²) in [7, 11) is 9.15. The summed E-state index contributed by atoms with van der Waals surface area (Å²) in [6.45, 7) is 11.4. The number of halogens is 1. The first-order valence-electron chi connectivity index (χ1n) is 24.8. The van der Waals surface area contributed by atoms with Gasteiger partial charge >= 0.3 is 139 Å². The maximum Gasteiger partial charge on any atom is 1.00 e. The molecule has 82 heavy (non-hydrogen) atoms. The van der Waals surface area contributed by atoms with Crippen LogP contribution in [0.2, 0.25) is 0 Å². The minimum atomic E-state index is -1.19. The Morgan fingerprint density at radius 2 is 0.768 bits per heavy atom. The van der Waals surface area contributed by atoms with Gasteiger partial charge in [0.15, 0.2) is 0 Å². The van der Waals surface area contributed by atoms with Crippen LogP contribution in [0.5, 0.6) is 0 Å². The number of hydrogen-bond donors (Lipinski definition) is 10. The van der Waals surface area contributed by atoms with E-state index in [1.807, 2.05) is 19.1 Å². The molecule has 0 aromatic heterocycles. The van der Waals surface area contributed by atoms with Gasteiger partial charge in [-0.3, -0.25) is 19.2 Å². The van der Waals surface area contributed by atoms with E-state index in [-0.39, 0.29) is 176 Å². The van der Waals surface area contributed by atoms with Gasteiger partial charge in [0, 0.05) is 66.0 Å². The first kappa shape index (κ1) is 92.5. The molecule has 0 unspecified atom stereocenters. The normalized spacial score (nSPS) is 9.10. The Balaban J connectivity index is -0.000000167. The van der Waals surface area contributed by atoms with Crippen LogP contribution in [0, 0.1) is 0 Å². The molecule has 0 aliphatic rings. The molecular weight excluding hydrogens is 1190 g/mol. The van der Waals surface area contributed by atoms with Crippen molar-refractivity contribution in [1.82, 2.24) is 31.9 Å². The predicted molar refractivity (Wildman–Crippen MR) is 301 cm³/mol. The molecular formula is C53H87BrK2N8O18. The minimum absolute atomic E-state index is 0. The molecule has 3 aromatic rings. The van der Waals surface area contributed by atoms with E-state index in [9.17, 15) is 48.6 Å². The fraction of sp³-hybridized carbons (Fsp3) is 0.509. The van der Waals surface area contributed by atoms with Crippen LogP contribution in [0.25, 0.3) is 0 Å². The Morgan fingerprint density at radius 1 is 0.451 bits per heavy atom. The average Bonchev–Trinajstić information content (AvgIpc) is 3.49. The monoisotopic (exact) mass is 1280 g/mol. The number of aliphatic hydroxyl groups excluding tert-OH is 2. The molecule has 0 heterocycles. The van der Waals surface area contributed by atoms with E-state index in [0.717, 1.165) is 56.3 Å². The van der Waals surface area contributed by atoms with E-state index in [0.29, 0.717) is 63.5 Å². The van der Waals surface area contributed by atoms with E-state index in [1.165, 1.54) is 54.8 Å². The molecule has 0 saturated heterocycles. The number of hydrogen-bond acceptors (Lipinski definition) is 26. The number of carboxylic acid groups (broad SMARTS) is 2. The van der Waals surface area contributed by atoms with Gasteiger partial charge in [-0.25, -0.2) is 9.59 Å². The summed E-state index contributed by atoms with van der Waals surface area (Å²) in [6, 6.07) is 20.2. The third kappa shape index (κ3) is 62.8. The van der Waals surface area contributed by atoms with Crippen LogP contribution in [0.15, 0.2) is 72.8 Å². The van der Waals surface area contributed by atoms with Crippen molar-refractivity contribution in [2.45, 2.75) is 46.4 Å². The van der Waals surface area contributed by atoms with Crippen LogP contribution < -0.4 is 156 Å². The van der Waals surface area contributed by atoms with Gasteiger partial charge in [-0.1, -0.05) is 78.3 Å². The van der Waals surface area contributed by atoms with Crippen molar-refractivity contribution < 1.29 is 190 Å². The molecule has 3 aromatic carbocycles. The molecule has 0 radical (unpaired) electrons. The summed E-state index contributed by atoms with van der Waals surface area (Å²) >= 11 is 2.90. The number of ether oxygens (including phenoxy) is 6. The molecule has 0 aliphatic heterocycles. The van der Waals surface area contributed by atoms with Crippen molar-refractivity contribution in [2.75, 3.05) is 134 Å². The summed E-state index contributed by atoms with van der Waals surface area (Å²) in [5.74, 6) is -4.00. The number of methoxy groups -OCH3 is 6. The molecule has 0 aliphatic carbocycles. The van der Waals surface area contributed by atoms with Gasteiger partial charge in [0.25, 0.3) is 0 Å². The van der Waals surface area contributed by atoms with Gasteiger partial charge in [-0.15, -0.1) is 0 Å². The molecule has 0 fully saturated rings. The van der Waals surface area contributed by atoms with Crippen molar-refractivity contribution in [1.29, 1.82) is 0 Å². The van der Waals surface area contributed by atoms with E-state index in [4.69, 9.17) is 21.7 Å². The van der Waals surface area contributed by atoms with E-state index in [2.05, 4.69) is 83.2 Å². The SMILES string of the molecule is CCCN.CCCNCC(=O)OC.CO.COC(=O)CBr.COC(=O)CNCCN.COC(=O)CNCCNCc1ccc(C(=O)OC)cc1.COC(=O)c1ccc(CO)cc1.O=C([O-])CNCCNCc1ccc(C(=O)[O-])cc1.[K+].[K+]. The summed E-state index contributed by atoms with van der Waals surface area (Å²) in [4.78, 5) is 84.3. The summed E-state index contributed by atoms with van der Waals surface area (Å²) in [5.41, 5.74) is 14.1. The Bertz CT molecular complexity index is 2010. The Labute approximate surface area is 576 Å². The smallest absolute Gasteiger partial charge is 0.549 e. The Hall–Kier alpha value is -3.23. The van der Waals surface area contributed by atoms with Crippen LogP contribution in [0.1, 0.15) is 74.5 Å². The van der Waals surface area contributed by atoms with Gasteiger partial charge in [0.2, 0.25) is 0 Å². The predicted octanol–water partition coefficient (Wildman–Crippen LogP) is -7.84. The second-order valence-electron chi connectivity index (χ2n) is 15.0. The number of aliphatic carboxylic acids is 1. The van der Waals surface area contributed by atoms with Crippen molar-refractivity contribution in [3.63, 3.8) is 0 Å². The molecule has 0 saturated carbocycles. The molecule has 26 nitrogen and oxygen atoms in total. The standard InChI is InChI=1S/C14H20N2O4.C12H16N2O4.C9H10O3.C6H13NO2.C5H12N2O2.C3H5BrO2.C3H9N.CH4O.2K/c1-19-13(17)10-16-8-7-15-9-11-3-5-12(6-4-11)14(18)20-2;15-11(16)8-14-6-5-13-7-9-1-3-10(4-2-9)12(17)18;1-12-9(11)8-4-2-7(6-10)3-5-8;1-3-4-7-5-6(8)9-2;1-9-5(8)4-7-3-2-6;1-6-3(5)2-4;1-2-3-4;1-2;;/h3-6,15-16H,7-10H2,1-2H3;1-4,13-14H,5-8H2,(H,15,16)(H,17,18);2-5,10H,6H2,1H3;7H,3-5H2,1-2H3;7H,2-4,6H2,1H3;2H2,1H3;2-4H2,1H3;2H,1H3;;/q;;;;;;;;2*+1/p-2. The van der Waals surface area contributed by atoms with Crippen LogP contribution in [-0.4, -0.2) is 192 Å². The first-order valence-corrected chi connectivity index (χ1v) is 25.9. The largest absolute Gasteiger partial charge is 1.00 e. The molecule has 0 amide bonds. The fourth-order valence-electron chi connectivity index (χ4n) is 4.63. The average molecular weight is 1280 g/mol. The molecule has 0 atom stereocenters. The van der Waals surface area contributed by atoms with Crippen LogP contribution >= 0.6 is 15.9 Å². The Morgan fingerprint density at radius 3 is 1.04 bits per heavy atom. The number of alkyl halides is 1. The van der Waals surface area contributed by atoms with Crippen LogP contribution in [0.4, 0.5) is 0 Å². The zero-order valence-corrected chi connectivity index (χ0v) is 57.4. The van der Waals surface area contributed by atoms with Gasteiger partial charge in [-0.2, -0.15) is 0 Å². The number of carbonyl (C=O) groups excluding carboxylic acids is 8. The maximum atomic E-state index is 11.3. The number of nitrogens with two attached hydrogens (primary N) is 2. The summed E-state index contributed by atoms with van der Waals surface area (Å²) in [5, 5.41) is 54.2. The second kappa shape index (κ2) is 70.3. The molecule has 0 bridgehead atoms. The van der Waals surface area contributed by atoms with E-state index < -0.39 is 11.9 Å². The van der Waals surface area contributed by atoms with E-state index >= 15 is 0 Å². The maximum absolute atomic E-state index is 11.3. The van der Waals surface area contributed by atoms with E-state index in [1.54, 1.807) is 48.5 Å². The van der Waals surface area contributed by atoms with Crippen LogP contribution in [-0.2, 0) is 72.1 Å². The fourth-order valence-corrected chi connectivity index (χ4v) is 4.86. The number of aromatic carboxylic acids is 1. The number of nitrogens with one attached hydrogen (secondary N) is 6. The second-order valence-corrected chi connectivity index (χ2v) is 15.5. The van der Waals surface area contributed by atoms with Gasteiger partial charge in [0.1, 0.15) is 5.33 Å². The topological polar surface area (TPSA) is 403 Å². The Kier molecular flexibility index (Phi) is 79.3. The number of rotatable bonds is 28. The molecule has 456 valence electrons. The minimum Gasteiger partial charge on any atom is -0.549 e. The third-order valence-electron chi connectivity index (χ3n) is 8.87. The van der Waals surface area contributed by atoms with Gasteiger partial charge in [0.05, 0.1) is 92.0 Å². The molecule has 0 spiro atoms. The quantitative estimate of drug-likeness (QED) is 0.0106. The number of carbonyl (C=O) groups is 8. The number of aliphatic hydroxyl groups is 2. The third-order valence-corrected chi connectivity index (χ3v) is 9.33. The van der Waals surface area contributed by atoms with Crippen molar-refractivity contribution in [2.24, 2.45) is 11.5 Å². The molecule has 29 heteroatoms. The number of carboxylic acids is 2.